The highest BCUT2D eigenvalue weighted by atomic mass is 35.5. The first kappa shape index (κ1) is 22.9. The van der Waals surface area contributed by atoms with E-state index in [9.17, 15) is 13.2 Å². The number of fused-ring (bicyclic) bond motifs is 1. The van der Waals surface area contributed by atoms with Gasteiger partial charge in [0.15, 0.2) is 15.0 Å². The largest absolute Gasteiger partial charge is 0.350 e. The number of benzene rings is 2. The summed E-state index contributed by atoms with van der Waals surface area (Å²) in [5.41, 5.74) is 1.95. The maximum Gasteiger partial charge on any atom is 0.269 e. The van der Waals surface area contributed by atoms with Gasteiger partial charge in [0.05, 0.1) is 34.5 Å². The van der Waals surface area contributed by atoms with E-state index in [1.54, 1.807) is 54.2 Å². The highest BCUT2D eigenvalue weighted by molar-refractivity contribution is 7.99. The van der Waals surface area contributed by atoms with Crippen molar-refractivity contribution in [1.29, 1.82) is 5.26 Å². The number of thioether (sulfide) groups is 1. The van der Waals surface area contributed by atoms with Crippen LogP contribution in [0.4, 0.5) is 0 Å². The Morgan fingerprint density at radius 2 is 1.90 bits per heavy atom. The van der Waals surface area contributed by atoms with Crippen LogP contribution in [-0.2, 0) is 9.84 Å². The molecule has 4 rings (SSSR count). The van der Waals surface area contributed by atoms with Gasteiger partial charge in [0.1, 0.15) is 5.69 Å². The van der Waals surface area contributed by atoms with E-state index in [-0.39, 0.29) is 41.5 Å². The van der Waals surface area contributed by atoms with Gasteiger partial charge in [-0.15, -0.1) is 12.4 Å². The van der Waals surface area contributed by atoms with Crippen molar-refractivity contribution >= 4 is 39.9 Å². The zero-order valence-corrected chi connectivity index (χ0v) is 18.7. The molecule has 0 fully saturated rings. The van der Waals surface area contributed by atoms with Gasteiger partial charge in [-0.3, -0.25) is 4.79 Å². The smallest absolute Gasteiger partial charge is 0.269 e. The molecule has 0 radical (unpaired) electrons. The molecular weight excluding hydrogens is 456 g/mol. The van der Waals surface area contributed by atoms with Gasteiger partial charge in [0.2, 0.25) is 0 Å². The minimum absolute atomic E-state index is 0. The molecule has 1 atom stereocenters. The zero-order chi connectivity index (χ0) is 21.1. The highest BCUT2D eigenvalue weighted by Crippen LogP contribution is 2.37. The van der Waals surface area contributed by atoms with Crippen LogP contribution in [0, 0.1) is 11.3 Å². The summed E-state index contributed by atoms with van der Waals surface area (Å²) in [4.78, 5) is 17.3. The number of amides is 1. The molecule has 1 amide bonds. The lowest BCUT2D eigenvalue weighted by molar-refractivity contribution is 0.0945. The lowest BCUT2D eigenvalue weighted by atomic mass is 10.1. The fraction of sp³-hybridized carbons (Fsp3) is 0.190. The number of sulfone groups is 1. The molecule has 0 saturated heterocycles. The minimum Gasteiger partial charge on any atom is -0.350 e. The van der Waals surface area contributed by atoms with Crippen molar-refractivity contribution in [2.24, 2.45) is 0 Å². The van der Waals surface area contributed by atoms with Crippen LogP contribution in [0.1, 0.15) is 27.7 Å². The second-order valence-corrected chi connectivity index (χ2v) is 9.84. The number of nitriles is 1. The summed E-state index contributed by atoms with van der Waals surface area (Å²) < 4.78 is 26.6. The van der Waals surface area contributed by atoms with Crippen molar-refractivity contribution < 1.29 is 13.2 Å². The molecule has 31 heavy (non-hydrogen) atoms. The molecule has 1 N–H and O–H groups in total. The second-order valence-electron chi connectivity index (χ2n) is 6.74. The van der Waals surface area contributed by atoms with E-state index in [1.165, 1.54) is 6.20 Å². The van der Waals surface area contributed by atoms with Crippen LogP contribution in [0.25, 0.3) is 0 Å². The molecule has 2 heterocycles. The zero-order valence-electron chi connectivity index (χ0n) is 16.3. The number of aromatic nitrogens is 2. The second kappa shape index (κ2) is 9.56. The number of carbonyl (C=O) groups is 1. The van der Waals surface area contributed by atoms with E-state index in [2.05, 4.69) is 16.4 Å². The van der Waals surface area contributed by atoms with E-state index >= 15 is 0 Å². The Labute approximate surface area is 190 Å². The molecule has 1 unspecified atom stereocenters. The maximum atomic E-state index is 12.7. The van der Waals surface area contributed by atoms with Gasteiger partial charge in [-0.05, 0) is 29.8 Å². The molecule has 160 valence electrons. The number of nitrogens with one attached hydrogen (secondary N) is 1. The van der Waals surface area contributed by atoms with Crippen LogP contribution in [0.5, 0.6) is 0 Å². The van der Waals surface area contributed by atoms with Crippen LogP contribution in [-0.4, -0.2) is 41.9 Å². The third-order valence-electron chi connectivity index (χ3n) is 4.86. The number of carbonyl (C=O) groups excluding carboxylic acids is 1. The predicted octanol–water partition coefficient (Wildman–Crippen LogP) is 3.08. The van der Waals surface area contributed by atoms with E-state index in [4.69, 9.17) is 5.26 Å². The van der Waals surface area contributed by atoms with Crippen LogP contribution in [0.2, 0.25) is 0 Å². The Bertz CT molecular complexity index is 1220. The fourth-order valence-corrected chi connectivity index (χ4v) is 5.63. The maximum absolute atomic E-state index is 12.7. The summed E-state index contributed by atoms with van der Waals surface area (Å²) in [5.74, 6) is 0.188. The lowest BCUT2D eigenvalue weighted by Crippen LogP contribution is -2.31. The summed E-state index contributed by atoms with van der Waals surface area (Å²) >= 11 is 1.56. The Hall–Kier alpha value is -2.80. The molecule has 0 bridgehead atoms. The van der Waals surface area contributed by atoms with E-state index < -0.39 is 9.84 Å². The van der Waals surface area contributed by atoms with Gasteiger partial charge in [0.25, 0.3) is 5.91 Å². The predicted molar refractivity (Wildman–Crippen MR) is 120 cm³/mol. The van der Waals surface area contributed by atoms with Gasteiger partial charge in [-0.25, -0.2) is 13.4 Å². The van der Waals surface area contributed by atoms with Crippen molar-refractivity contribution in [2.45, 2.75) is 16.1 Å². The van der Waals surface area contributed by atoms with Crippen molar-refractivity contribution in [3.05, 3.63) is 77.6 Å². The third kappa shape index (κ3) is 4.77. The van der Waals surface area contributed by atoms with E-state index in [0.717, 1.165) is 16.5 Å². The Kier molecular flexibility index (Phi) is 7.05. The molecule has 0 aliphatic carbocycles. The molecule has 1 aromatic heterocycles. The number of nitrogens with zero attached hydrogens (tertiary/aromatic N) is 3. The molecular formula is C21H19ClN4O3S2. The number of rotatable bonds is 6. The number of halogens is 1. The minimum atomic E-state index is -3.46. The normalized spacial score (nSPS) is 14.9. The number of hydrogen-bond acceptors (Lipinski definition) is 6. The van der Waals surface area contributed by atoms with E-state index in [0.29, 0.717) is 11.3 Å². The van der Waals surface area contributed by atoms with Crippen molar-refractivity contribution in [2.75, 3.05) is 18.1 Å². The summed E-state index contributed by atoms with van der Waals surface area (Å²) in [5, 5.41) is 12.4. The molecule has 0 spiro atoms. The highest BCUT2D eigenvalue weighted by Gasteiger charge is 2.30. The average Bonchev–Trinajstić information content (AvgIpc) is 3.36. The average molecular weight is 475 g/mol. The molecule has 0 saturated carbocycles. The Morgan fingerprint density at radius 3 is 2.58 bits per heavy atom. The summed E-state index contributed by atoms with van der Waals surface area (Å²) in [6.45, 7) is 0.00521. The Morgan fingerprint density at radius 1 is 1.19 bits per heavy atom. The summed E-state index contributed by atoms with van der Waals surface area (Å²) in [6.07, 6.45) is 1.51. The molecule has 7 nitrogen and oxygen atoms in total. The lowest BCUT2D eigenvalue weighted by Gasteiger charge is -2.16. The molecule has 3 aromatic rings. The molecule has 1 aliphatic rings. The van der Waals surface area contributed by atoms with Crippen LogP contribution < -0.4 is 5.32 Å². The van der Waals surface area contributed by atoms with Gasteiger partial charge >= 0.3 is 0 Å². The molecule has 2 aromatic carbocycles. The number of hydrogen-bond donors (Lipinski definition) is 1. The van der Waals surface area contributed by atoms with Gasteiger partial charge in [-0.2, -0.15) is 5.26 Å². The van der Waals surface area contributed by atoms with Crippen LogP contribution >= 0.6 is 24.2 Å². The first-order valence-corrected chi connectivity index (χ1v) is 11.9. The molecule has 1 aliphatic heterocycles. The summed E-state index contributed by atoms with van der Waals surface area (Å²) in [7, 11) is -3.46. The fourth-order valence-electron chi connectivity index (χ4n) is 3.31. The summed E-state index contributed by atoms with van der Waals surface area (Å²) in [6, 6.07) is 17.5. The molecule has 10 heteroatoms. The first-order chi connectivity index (χ1) is 14.5. The van der Waals surface area contributed by atoms with Crippen LogP contribution in [0.15, 0.2) is 70.8 Å². The standard InChI is InChI=1S/C21H18N4O3S2.ClH/c22-12-15-6-8-16(9-7-15)19-14-29-21-24-13-18(25(19)21)20(26)23-10-11-30(27,28)17-4-2-1-3-5-17;/h1-9,13,19H,10-11,14H2,(H,23,26);1H. The van der Waals surface area contributed by atoms with Gasteiger partial charge < -0.3 is 9.88 Å². The number of imidazole rings is 1. The monoisotopic (exact) mass is 474 g/mol. The van der Waals surface area contributed by atoms with Gasteiger partial charge in [0, 0.05) is 12.3 Å². The topological polar surface area (TPSA) is 105 Å². The van der Waals surface area contributed by atoms with Crippen LogP contribution in [0.3, 0.4) is 0 Å². The Balaban J connectivity index is 0.00000272. The third-order valence-corrected chi connectivity index (χ3v) is 7.64. The first-order valence-electron chi connectivity index (χ1n) is 9.26. The SMILES string of the molecule is Cl.N#Cc1ccc(C2CSc3ncc(C(=O)NCCS(=O)(=O)c4ccccc4)n32)cc1. The van der Waals surface area contributed by atoms with Gasteiger partial charge in [-0.1, -0.05) is 42.1 Å². The quantitative estimate of drug-likeness (QED) is 0.588. The van der Waals surface area contributed by atoms with Crippen molar-refractivity contribution in [1.82, 2.24) is 14.9 Å². The van der Waals surface area contributed by atoms with Crippen molar-refractivity contribution in [3.63, 3.8) is 0 Å². The van der Waals surface area contributed by atoms with E-state index in [1.807, 2.05) is 16.7 Å². The van der Waals surface area contributed by atoms with Crippen molar-refractivity contribution in [3.8, 4) is 6.07 Å².